The molecule has 0 unspecified atom stereocenters. The van der Waals surface area contributed by atoms with Crippen LogP contribution in [-0.2, 0) is 23.9 Å². The number of nitrogens with one attached hydrogen (secondary N) is 1. The molecular weight excluding hydrogens is 376 g/mol. The molecule has 29 heavy (non-hydrogen) atoms. The Balaban J connectivity index is 1.45. The molecule has 3 amide bonds. The summed E-state index contributed by atoms with van der Waals surface area (Å²) in [4.78, 5) is 61.0. The molecule has 2 aliphatic rings. The first kappa shape index (κ1) is 20.7. The first-order chi connectivity index (χ1) is 13.9. The maximum absolute atomic E-state index is 12.4. The third-order valence-corrected chi connectivity index (χ3v) is 5.36. The predicted molar refractivity (Wildman–Crippen MR) is 103 cm³/mol. The molecule has 1 saturated carbocycles. The van der Waals surface area contributed by atoms with Gasteiger partial charge in [0.2, 0.25) is 17.7 Å². The average Bonchev–Trinajstić information content (AvgIpc) is 2.95. The van der Waals surface area contributed by atoms with Crippen LogP contribution >= 0.6 is 0 Å². The third kappa shape index (κ3) is 4.88. The van der Waals surface area contributed by atoms with Gasteiger partial charge in [0.25, 0.3) is 0 Å². The summed E-state index contributed by atoms with van der Waals surface area (Å²) in [6.07, 6.45) is 3.22. The zero-order valence-electron chi connectivity index (χ0n) is 16.3. The second-order valence-corrected chi connectivity index (χ2v) is 7.42. The number of nitrogens with zero attached hydrogens (tertiary/aromatic N) is 1. The summed E-state index contributed by atoms with van der Waals surface area (Å²) < 4.78 is 4.99. The number of fused-ring (bicyclic) bond motifs is 1. The number of ether oxygens (including phenoxy) is 1. The smallest absolute Gasteiger partial charge is 0.308 e. The van der Waals surface area contributed by atoms with Crippen LogP contribution < -0.4 is 5.32 Å². The highest BCUT2D eigenvalue weighted by Gasteiger charge is 2.47. The highest BCUT2D eigenvalue weighted by atomic mass is 16.5. The number of amides is 3. The topological polar surface area (TPSA) is 110 Å². The molecule has 1 saturated heterocycles. The molecule has 1 aliphatic heterocycles. The third-order valence-electron chi connectivity index (χ3n) is 5.36. The van der Waals surface area contributed by atoms with Crippen molar-refractivity contribution in [2.24, 2.45) is 11.8 Å². The number of Topliss-reactive ketones (excluding diaryl/α,β-unsaturated/α-hetero) is 1. The van der Waals surface area contributed by atoms with Gasteiger partial charge in [0, 0.05) is 24.7 Å². The minimum Gasteiger partial charge on any atom is -0.457 e. The molecule has 154 valence electrons. The van der Waals surface area contributed by atoms with E-state index in [2.05, 4.69) is 5.32 Å². The minimum atomic E-state index is -0.635. The second-order valence-electron chi connectivity index (χ2n) is 7.42. The van der Waals surface area contributed by atoms with Crippen molar-refractivity contribution in [1.29, 1.82) is 0 Å². The summed E-state index contributed by atoms with van der Waals surface area (Å²) in [5.74, 6) is -2.10. The fourth-order valence-electron chi connectivity index (χ4n) is 3.90. The first-order valence-electron chi connectivity index (χ1n) is 9.78. The lowest BCUT2D eigenvalue weighted by molar-refractivity contribution is -0.145. The predicted octanol–water partition coefficient (Wildman–Crippen LogP) is 1.94. The highest BCUT2D eigenvalue weighted by molar-refractivity contribution is 6.05. The summed E-state index contributed by atoms with van der Waals surface area (Å²) in [6, 6.07) is 6.23. The van der Waals surface area contributed by atoms with Gasteiger partial charge in [-0.05, 0) is 37.1 Å². The van der Waals surface area contributed by atoms with E-state index in [9.17, 15) is 24.0 Å². The number of imide groups is 1. The van der Waals surface area contributed by atoms with Crippen molar-refractivity contribution in [2.45, 2.75) is 39.0 Å². The summed E-state index contributed by atoms with van der Waals surface area (Å²) in [6.45, 7) is 0.949. The molecule has 2 atom stereocenters. The van der Waals surface area contributed by atoms with Gasteiger partial charge in [-0.15, -0.1) is 0 Å². The molecule has 0 radical (unpaired) electrons. The van der Waals surface area contributed by atoms with Gasteiger partial charge in [-0.25, -0.2) is 0 Å². The van der Waals surface area contributed by atoms with Gasteiger partial charge in [-0.2, -0.15) is 0 Å². The Kier molecular flexibility index (Phi) is 6.41. The molecule has 0 bridgehead atoms. The van der Waals surface area contributed by atoms with Crippen LogP contribution in [0.1, 0.15) is 49.4 Å². The van der Waals surface area contributed by atoms with E-state index in [0.29, 0.717) is 11.3 Å². The zero-order valence-corrected chi connectivity index (χ0v) is 16.3. The van der Waals surface area contributed by atoms with E-state index >= 15 is 0 Å². The summed E-state index contributed by atoms with van der Waals surface area (Å²) in [7, 11) is 0. The lowest BCUT2D eigenvalue weighted by Crippen LogP contribution is -2.33. The van der Waals surface area contributed by atoms with Crippen LogP contribution in [0, 0.1) is 11.8 Å². The second kappa shape index (κ2) is 8.98. The number of anilines is 1. The summed E-state index contributed by atoms with van der Waals surface area (Å²) in [5, 5.41) is 2.59. The molecule has 0 aromatic heterocycles. The molecule has 8 heteroatoms. The van der Waals surface area contributed by atoms with E-state index in [1.54, 1.807) is 12.1 Å². The minimum absolute atomic E-state index is 0.0108. The van der Waals surface area contributed by atoms with Crippen LogP contribution in [0.2, 0.25) is 0 Å². The van der Waals surface area contributed by atoms with Gasteiger partial charge < -0.3 is 10.1 Å². The monoisotopic (exact) mass is 400 g/mol. The Morgan fingerprint density at radius 3 is 2.17 bits per heavy atom. The molecule has 8 nitrogen and oxygen atoms in total. The lowest BCUT2D eigenvalue weighted by Gasteiger charge is -2.19. The van der Waals surface area contributed by atoms with Crippen LogP contribution in [0.5, 0.6) is 0 Å². The van der Waals surface area contributed by atoms with Gasteiger partial charge in [-0.1, -0.05) is 12.8 Å². The maximum atomic E-state index is 12.4. The number of likely N-dealkylation sites (tertiary alicyclic amines) is 1. The van der Waals surface area contributed by atoms with Crippen molar-refractivity contribution < 1.29 is 28.7 Å². The molecular formula is C21H24N2O6. The molecule has 3 rings (SSSR count). The molecule has 1 aromatic carbocycles. The van der Waals surface area contributed by atoms with Crippen molar-refractivity contribution in [2.75, 3.05) is 18.5 Å². The first-order valence-corrected chi connectivity index (χ1v) is 9.78. The Labute approximate surface area is 168 Å². The number of rotatable bonds is 7. The van der Waals surface area contributed by atoms with E-state index in [0.717, 1.165) is 25.7 Å². The normalized spacial score (nSPS) is 20.9. The maximum Gasteiger partial charge on any atom is 0.308 e. The Hall–Kier alpha value is -3.03. The standard InChI is InChI=1S/C21H24N2O6/c1-13(24)22-15-8-6-14(7-9-15)18(25)12-29-19(26)10-11-23-20(27)16-4-2-3-5-17(16)21(23)28/h6-9,16-17H,2-5,10-12H2,1H3,(H,22,24)/t16-,17-/m1/s1. The fraction of sp³-hybridized carbons (Fsp3) is 0.476. The van der Waals surface area contributed by atoms with Gasteiger partial charge in [-0.3, -0.25) is 28.9 Å². The van der Waals surface area contributed by atoms with Crippen molar-refractivity contribution in [1.82, 2.24) is 4.90 Å². The molecule has 1 aromatic rings. The Morgan fingerprint density at radius 2 is 1.62 bits per heavy atom. The number of ketones is 1. The van der Waals surface area contributed by atoms with Gasteiger partial charge in [0.1, 0.15) is 0 Å². The lowest BCUT2D eigenvalue weighted by atomic mass is 9.81. The average molecular weight is 400 g/mol. The van der Waals surface area contributed by atoms with Crippen LogP contribution in [-0.4, -0.2) is 47.5 Å². The Morgan fingerprint density at radius 1 is 1.03 bits per heavy atom. The summed E-state index contributed by atoms with van der Waals surface area (Å²) in [5.41, 5.74) is 0.910. The highest BCUT2D eigenvalue weighted by Crippen LogP contribution is 2.37. The number of benzene rings is 1. The van der Waals surface area contributed by atoms with Crippen LogP contribution in [0.4, 0.5) is 5.69 Å². The van der Waals surface area contributed by atoms with Crippen LogP contribution in [0.25, 0.3) is 0 Å². The summed E-state index contributed by atoms with van der Waals surface area (Å²) >= 11 is 0. The van der Waals surface area contributed by atoms with E-state index in [4.69, 9.17) is 4.74 Å². The van der Waals surface area contributed by atoms with Gasteiger partial charge >= 0.3 is 5.97 Å². The number of hydrogen-bond donors (Lipinski definition) is 1. The molecule has 0 spiro atoms. The van der Waals surface area contributed by atoms with E-state index in [1.807, 2.05) is 0 Å². The number of hydrogen-bond acceptors (Lipinski definition) is 6. The van der Waals surface area contributed by atoms with E-state index in [1.165, 1.54) is 24.0 Å². The Bertz CT molecular complexity index is 808. The fourth-order valence-corrected chi connectivity index (χ4v) is 3.90. The van der Waals surface area contributed by atoms with Crippen molar-refractivity contribution >= 4 is 35.2 Å². The van der Waals surface area contributed by atoms with Crippen molar-refractivity contribution in [3.05, 3.63) is 29.8 Å². The number of carbonyl (C=O) groups is 5. The van der Waals surface area contributed by atoms with Gasteiger partial charge in [0.05, 0.1) is 18.3 Å². The number of carbonyl (C=O) groups excluding carboxylic acids is 5. The SMILES string of the molecule is CC(=O)Nc1ccc(C(=O)COC(=O)CCN2C(=O)[C@@H]3CCCC[C@H]3C2=O)cc1. The van der Waals surface area contributed by atoms with Crippen molar-refractivity contribution in [3.63, 3.8) is 0 Å². The zero-order chi connectivity index (χ0) is 21.0. The van der Waals surface area contributed by atoms with Crippen LogP contribution in [0.15, 0.2) is 24.3 Å². The molecule has 1 N–H and O–H groups in total. The quantitative estimate of drug-likeness (QED) is 0.425. The molecule has 1 aliphatic carbocycles. The van der Waals surface area contributed by atoms with E-state index in [-0.39, 0.29) is 48.3 Å². The largest absolute Gasteiger partial charge is 0.457 e. The molecule has 1 heterocycles. The van der Waals surface area contributed by atoms with Crippen molar-refractivity contribution in [3.8, 4) is 0 Å². The molecule has 2 fully saturated rings. The van der Waals surface area contributed by atoms with E-state index < -0.39 is 12.6 Å². The number of esters is 1. The van der Waals surface area contributed by atoms with Gasteiger partial charge in [0.15, 0.2) is 12.4 Å². The van der Waals surface area contributed by atoms with Crippen LogP contribution in [0.3, 0.4) is 0 Å².